The van der Waals surface area contributed by atoms with Crippen LogP contribution >= 0.6 is 11.3 Å². The van der Waals surface area contributed by atoms with Crippen LogP contribution in [0.1, 0.15) is 54.5 Å². The van der Waals surface area contributed by atoms with E-state index < -0.39 is 17.7 Å². The van der Waals surface area contributed by atoms with Crippen molar-refractivity contribution in [3.63, 3.8) is 0 Å². The second-order valence-corrected chi connectivity index (χ2v) is 9.38. The second kappa shape index (κ2) is 9.13. The molecule has 0 aliphatic carbocycles. The largest absolute Gasteiger partial charge is 0.485 e. The van der Waals surface area contributed by atoms with Gasteiger partial charge in [-0.25, -0.2) is 4.98 Å². The minimum atomic E-state index is -4.38. The molecule has 34 heavy (non-hydrogen) atoms. The average molecular weight is 489 g/mol. The lowest BCUT2D eigenvalue weighted by atomic mass is 10.1. The molecule has 2 heterocycles. The van der Waals surface area contributed by atoms with Crippen molar-refractivity contribution in [1.82, 2.24) is 9.97 Å². The van der Waals surface area contributed by atoms with Crippen LogP contribution < -0.4 is 4.74 Å². The van der Waals surface area contributed by atoms with Crippen molar-refractivity contribution < 1.29 is 27.8 Å². The molecule has 0 bridgehead atoms. The number of aliphatic carboxylic acids is 1. The van der Waals surface area contributed by atoms with Gasteiger partial charge < -0.3 is 14.8 Å². The summed E-state index contributed by atoms with van der Waals surface area (Å²) in [6.07, 6.45) is -3.11. The van der Waals surface area contributed by atoms with Gasteiger partial charge in [0.25, 0.3) is 0 Å². The van der Waals surface area contributed by atoms with E-state index in [4.69, 9.17) is 14.8 Å². The molecule has 5 nitrogen and oxygen atoms in total. The first-order valence-corrected chi connectivity index (χ1v) is 11.5. The van der Waals surface area contributed by atoms with Gasteiger partial charge in [-0.3, -0.25) is 4.79 Å². The molecule has 0 radical (unpaired) electrons. The highest BCUT2D eigenvalue weighted by Gasteiger charge is 2.30. The third-order valence-electron chi connectivity index (χ3n) is 5.45. The van der Waals surface area contributed by atoms with Crippen molar-refractivity contribution in [2.75, 3.05) is 0 Å². The Balaban J connectivity index is 1.60. The number of halogens is 3. The maximum absolute atomic E-state index is 12.9. The molecular weight excluding hydrogens is 465 g/mol. The Bertz CT molecular complexity index is 1320. The Kier molecular flexibility index (Phi) is 6.40. The van der Waals surface area contributed by atoms with E-state index in [0.29, 0.717) is 21.9 Å². The third kappa shape index (κ3) is 4.94. The number of carbonyl (C=O) groups is 1. The topological polar surface area (TPSA) is 75.2 Å². The van der Waals surface area contributed by atoms with Gasteiger partial charge in [0.2, 0.25) is 0 Å². The number of hydrogen-bond donors (Lipinski definition) is 2. The predicted molar refractivity (Wildman–Crippen MR) is 125 cm³/mol. The summed E-state index contributed by atoms with van der Waals surface area (Å²) in [4.78, 5) is 19.7. The Morgan fingerprint density at radius 1 is 1.15 bits per heavy atom. The molecule has 0 spiro atoms. The fraction of sp³-hybridized carbons (Fsp3) is 0.280. The number of aromatic amines is 1. The number of carboxylic acid groups (broad SMARTS) is 1. The number of benzene rings is 2. The lowest BCUT2D eigenvalue weighted by molar-refractivity contribution is -0.138. The minimum absolute atomic E-state index is 0.0675. The number of nitrogens with zero attached hydrogens (tertiary/aromatic N) is 1. The number of ether oxygens (including phenoxy) is 1. The van der Waals surface area contributed by atoms with Gasteiger partial charge in [0, 0.05) is 28.7 Å². The number of nitrogens with one attached hydrogen (secondary N) is 1. The zero-order valence-corrected chi connectivity index (χ0v) is 19.6. The lowest BCUT2D eigenvalue weighted by Crippen LogP contribution is -2.05. The molecule has 1 atom stereocenters. The highest BCUT2D eigenvalue weighted by molar-refractivity contribution is 7.15. The van der Waals surface area contributed by atoms with E-state index in [1.165, 1.54) is 23.5 Å². The quantitative estimate of drug-likeness (QED) is 0.288. The summed E-state index contributed by atoms with van der Waals surface area (Å²) < 4.78 is 44.9. The molecule has 0 unspecified atom stereocenters. The van der Waals surface area contributed by atoms with E-state index in [2.05, 4.69) is 4.98 Å². The van der Waals surface area contributed by atoms with Gasteiger partial charge in [0.1, 0.15) is 16.9 Å². The SMILES string of the molecule is CC(C)c1nc(-c2ccc(C(F)(F)F)cc2)sc1[C@@H](C)Oc1ccc2c(CC(=O)O)c[nH]c2c1. The van der Waals surface area contributed by atoms with Crippen molar-refractivity contribution in [1.29, 1.82) is 0 Å². The van der Waals surface area contributed by atoms with Crippen LogP contribution in [-0.2, 0) is 17.4 Å². The predicted octanol–water partition coefficient (Wildman–Crippen LogP) is 7.20. The fourth-order valence-corrected chi connectivity index (χ4v) is 4.99. The molecule has 4 rings (SSSR count). The minimum Gasteiger partial charge on any atom is -0.485 e. The van der Waals surface area contributed by atoms with Crippen LogP contribution in [0.15, 0.2) is 48.7 Å². The lowest BCUT2D eigenvalue weighted by Gasteiger charge is -2.16. The van der Waals surface area contributed by atoms with Crippen molar-refractivity contribution in [2.45, 2.75) is 45.4 Å². The van der Waals surface area contributed by atoms with Crippen LogP contribution in [0, 0.1) is 0 Å². The molecule has 0 aliphatic heterocycles. The molecule has 2 aromatic carbocycles. The summed E-state index contributed by atoms with van der Waals surface area (Å²) in [6, 6.07) is 10.5. The molecule has 2 aromatic heterocycles. The molecule has 178 valence electrons. The van der Waals surface area contributed by atoms with E-state index in [9.17, 15) is 18.0 Å². The van der Waals surface area contributed by atoms with Crippen molar-refractivity contribution >= 4 is 28.2 Å². The van der Waals surface area contributed by atoms with Crippen LogP contribution in [0.25, 0.3) is 21.5 Å². The first-order chi connectivity index (χ1) is 16.0. The van der Waals surface area contributed by atoms with Crippen LogP contribution in [0.2, 0.25) is 0 Å². The summed E-state index contributed by atoms with van der Waals surface area (Å²) in [5.74, 6) is -0.182. The maximum Gasteiger partial charge on any atom is 0.416 e. The van der Waals surface area contributed by atoms with E-state index in [1.807, 2.05) is 32.9 Å². The van der Waals surface area contributed by atoms with E-state index in [0.717, 1.165) is 33.6 Å². The van der Waals surface area contributed by atoms with E-state index >= 15 is 0 Å². The first kappa shape index (κ1) is 23.8. The molecule has 0 saturated carbocycles. The van der Waals surface area contributed by atoms with Gasteiger partial charge in [-0.2, -0.15) is 13.2 Å². The fourth-order valence-electron chi connectivity index (χ4n) is 3.78. The van der Waals surface area contributed by atoms with E-state index in [-0.39, 0.29) is 18.4 Å². The van der Waals surface area contributed by atoms with E-state index in [1.54, 1.807) is 12.3 Å². The van der Waals surface area contributed by atoms with Crippen molar-refractivity contribution in [2.24, 2.45) is 0 Å². The standard InChI is InChI=1S/C25H23F3N2O3S/c1-13(2)22-23(34-24(30-22)15-4-6-17(7-5-15)25(26,27)28)14(3)33-18-8-9-19-16(10-21(31)32)12-29-20(19)11-18/h4-9,11-14,29H,10H2,1-3H3,(H,31,32)/t14-/m1/s1. The average Bonchev–Trinajstić information content (AvgIpc) is 3.38. The number of rotatable bonds is 7. The van der Waals surface area contributed by atoms with Crippen LogP contribution in [0.3, 0.4) is 0 Å². The molecule has 2 N–H and O–H groups in total. The molecule has 9 heteroatoms. The van der Waals surface area contributed by atoms with Crippen LogP contribution in [0.5, 0.6) is 5.75 Å². The van der Waals surface area contributed by atoms with Gasteiger partial charge in [0.05, 0.1) is 22.6 Å². The molecular formula is C25H23F3N2O3S. The normalized spacial score (nSPS) is 12.9. The molecule has 0 fully saturated rings. The number of alkyl halides is 3. The molecule has 0 aliphatic rings. The van der Waals surface area contributed by atoms with Crippen molar-refractivity contribution in [3.05, 3.63) is 70.4 Å². The number of thiazole rings is 1. The van der Waals surface area contributed by atoms with Gasteiger partial charge >= 0.3 is 12.1 Å². The summed E-state index contributed by atoms with van der Waals surface area (Å²) in [5, 5.41) is 10.5. The first-order valence-electron chi connectivity index (χ1n) is 10.7. The summed E-state index contributed by atoms with van der Waals surface area (Å²) in [6.45, 7) is 5.93. The van der Waals surface area contributed by atoms with Gasteiger partial charge in [-0.1, -0.05) is 26.0 Å². The maximum atomic E-state index is 12.9. The number of aromatic nitrogens is 2. The smallest absolute Gasteiger partial charge is 0.416 e. The monoisotopic (exact) mass is 488 g/mol. The van der Waals surface area contributed by atoms with Crippen molar-refractivity contribution in [3.8, 4) is 16.3 Å². The summed E-state index contributed by atoms with van der Waals surface area (Å²) >= 11 is 1.41. The number of carboxylic acids is 1. The van der Waals surface area contributed by atoms with Gasteiger partial charge in [-0.05, 0) is 42.7 Å². The molecule has 0 saturated heterocycles. The Hall–Kier alpha value is -3.33. The van der Waals surface area contributed by atoms with Crippen LogP contribution in [-0.4, -0.2) is 21.0 Å². The van der Waals surface area contributed by atoms with Crippen LogP contribution in [0.4, 0.5) is 13.2 Å². The Labute approximate surface area is 198 Å². The summed E-state index contributed by atoms with van der Waals surface area (Å²) in [7, 11) is 0. The zero-order chi connectivity index (χ0) is 24.6. The Morgan fingerprint density at radius 2 is 1.85 bits per heavy atom. The Morgan fingerprint density at radius 3 is 2.47 bits per heavy atom. The number of fused-ring (bicyclic) bond motifs is 1. The number of H-pyrrole nitrogens is 1. The molecule has 0 amide bonds. The van der Waals surface area contributed by atoms with Gasteiger partial charge in [-0.15, -0.1) is 11.3 Å². The number of hydrogen-bond acceptors (Lipinski definition) is 4. The highest BCUT2D eigenvalue weighted by Crippen LogP contribution is 2.38. The third-order valence-corrected chi connectivity index (χ3v) is 6.73. The summed E-state index contributed by atoms with van der Waals surface area (Å²) in [5.41, 5.74) is 2.25. The zero-order valence-electron chi connectivity index (χ0n) is 18.7. The van der Waals surface area contributed by atoms with Gasteiger partial charge in [0.15, 0.2) is 0 Å². The second-order valence-electron chi connectivity index (χ2n) is 8.35. The molecule has 4 aromatic rings. The highest BCUT2D eigenvalue weighted by atomic mass is 32.1.